The SMILES string of the molecule is CCC(CNCCOC)C1CC1. The molecule has 0 aromatic heterocycles. The predicted octanol–water partition coefficient (Wildman–Crippen LogP) is 1.66. The minimum absolute atomic E-state index is 0.834. The highest BCUT2D eigenvalue weighted by molar-refractivity contribution is 4.81. The van der Waals surface area contributed by atoms with Gasteiger partial charge in [-0.3, -0.25) is 0 Å². The molecular formula is C10H21NO. The van der Waals surface area contributed by atoms with Crippen molar-refractivity contribution in [1.82, 2.24) is 5.32 Å². The van der Waals surface area contributed by atoms with E-state index in [1.807, 2.05) is 0 Å². The van der Waals surface area contributed by atoms with Gasteiger partial charge in [0.1, 0.15) is 0 Å². The fourth-order valence-electron chi connectivity index (χ4n) is 1.67. The Morgan fingerprint density at radius 3 is 2.75 bits per heavy atom. The van der Waals surface area contributed by atoms with Gasteiger partial charge in [-0.15, -0.1) is 0 Å². The highest BCUT2D eigenvalue weighted by atomic mass is 16.5. The van der Waals surface area contributed by atoms with Crippen LogP contribution in [0.4, 0.5) is 0 Å². The lowest BCUT2D eigenvalue weighted by Crippen LogP contribution is -2.26. The molecule has 1 fully saturated rings. The highest BCUT2D eigenvalue weighted by Crippen LogP contribution is 2.37. The summed E-state index contributed by atoms with van der Waals surface area (Å²) in [4.78, 5) is 0. The minimum atomic E-state index is 0.834. The lowest BCUT2D eigenvalue weighted by Gasteiger charge is -2.14. The van der Waals surface area contributed by atoms with E-state index in [0.717, 1.165) is 25.0 Å². The van der Waals surface area contributed by atoms with Crippen LogP contribution in [0.5, 0.6) is 0 Å². The van der Waals surface area contributed by atoms with Crippen LogP contribution in [0.3, 0.4) is 0 Å². The largest absolute Gasteiger partial charge is 0.383 e. The number of ether oxygens (including phenoxy) is 1. The lowest BCUT2D eigenvalue weighted by atomic mass is 10.0. The van der Waals surface area contributed by atoms with Crippen LogP contribution >= 0.6 is 0 Å². The molecule has 0 heterocycles. The first-order valence-electron chi connectivity index (χ1n) is 5.08. The van der Waals surface area contributed by atoms with Crippen molar-refractivity contribution in [2.45, 2.75) is 26.2 Å². The monoisotopic (exact) mass is 171 g/mol. The molecule has 1 rings (SSSR count). The zero-order valence-corrected chi connectivity index (χ0v) is 8.31. The lowest BCUT2D eigenvalue weighted by molar-refractivity contribution is 0.197. The Balaban J connectivity index is 1.95. The second kappa shape index (κ2) is 5.55. The van der Waals surface area contributed by atoms with Gasteiger partial charge in [0.15, 0.2) is 0 Å². The second-order valence-corrected chi connectivity index (χ2v) is 3.70. The van der Waals surface area contributed by atoms with E-state index >= 15 is 0 Å². The molecular weight excluding hydrogens is 150 g/mol. The van der Waals surface area contributed by atoms with Gasteiger partial charge in [0.25, 0.3) is 0 Å². The Bertz CT molecular complexity index is 112. The van der Waals surface area contributed by atoms with E-state index in [1.54, 1.807) is 7.11 Å². The van der Waals surface area contributed by atoms with Crippen LogP contribution in [-0.4, -0.2) is 26.8 Å². The van der Waals surface area contributed by atoms with Crippen molar-refractivity contribution in [2.75, 3.05) is 26.8 Å². The molecule has 1 aliphatic rings. The van der Waals surface area contributed by atoms with E-state index in [1.165, 1.54) is 25.8 Å². The second-order valence-electron chi connectivity index (χ2n) is 3.70. The summed E-state index contributed by atoms with van der Waals surface area (Å²) in [5.74, 6) is 1.95. The zero-order valence-electron chi connectivity index (χ0n) is 8.31. The Kier molecular flexibility index (Phi) is 4.62. The molecule has 1 unspecified atom stereocenters. The molecule has 12 heavy (non-hydrogen) atoms. The molecule has 0 radical (unpaired) electrons. The summed E-state index contributed by atoms with van der Waals surface area (Å²) < 4.78 is 4.97. The van der Waals surface area contributed by atoms with Crippen LogP contribution in [0.2, 0.25) is 0 Å². The molecule has 1 saturated carbocycles. The van der Waals surface area contributed by atoms with Crippen LogP contribution in [-0.2, 0) is 4.74 Å². The van der Waals surface area contributed by atoms with Gasteiger partial charge >= 0.3 is 0 Å². The van der Waals surface area contributed by atoms with E-state index in [0.29, 0.717) is 0 Å². The van der Waals surface area contributed by atoms with Crippen LogP contribution in [0, 0.1) is 11.8 Å². The minimum Gasteiger partial charge on any atom is -0.383 e. The van der Waals surface area contributed by atoms with Crippen molar-refractivity contribution in [3.63, 3.8) is 0 Å². The number of methoxy groups -OCH3 is 1. The fraction of sp³-hybridized carbons (Fsp3) is 1.00. The predicted molar refractivity (Wildman–Crippen MR) is 51.3 cm³/mol. The van der Waals surface area contributed by atoms with E-state index < -0.39 is 0 Å². The first-order valence-corrected chi connectivity index (χ1v) is 5.08. The van der Waals surface area contributed by atoms with E-state index in [-0.39, 0.29) is 0 Å². The molecule has 0 aromatic rings. The number of nitrogens with one attached hydrogen (secondary N) is 1. The van der Waals surface area contributed by atoms with Gasteiger partial charge in [-0.25, -0.2) is 0 Å². The van der Waals surface area contributed by atoms with Gasteiger partial charge in [0.2, 0.25) is 0 Å². The zero-order chi connectivity index (χ0) is 8.81. The summed E-state index contributed by atoms with van der Waals surface area (Å²) in [5.41, 5.74) is 0. The van der Waals surface area contributed by atoms with Crippen molar-refractivity contribution in [3.05, 3.63) is 0 Å². The maximum atomic E-state index is 4.97. The van der Waals surface area contributed by atoms with Crippen LogP contribution in [0.25, 0.3) is 0 Å². The molecule has 1 aliphatic carbocycles. The van der Waals surface area contributed by atoms with Gasteiger partial charge in [-0.1, -0.05) is 13.3 Å². The van der Waals surface area contributed by atoms with Crippen molar-refractivity contribution < 1.29 is 4.74 Å². The summed E-state index contributed by atoms with van der Waals surface area (Å²) in [6.07, 6.45) is 4.25. The summed E-state index contributed by atoms with van der Waals surface area (Å²) in [6.45, 7) is 5.31. The summed E-state index contributed by atoms with van der Waals surface area (Å²) in [6, 6.07) is 0. The first kappa shape index (κ1) is 10.0. The molecule has 0 amide bonds. The highest BCUT2D eigenvalue weighted by Gasteiger charge is 2.29. The van der Waals surface area contributed by atoms with Crippen LogP contribution in [0.1, 0.15) is 26.2 Å². The molecule has 0 aliphatic heterocycles. The first-order chi connectivity index (χ1) is 5.88. The van der Waals surface area contributed by atoms with Crippen LogP contribution in [0.15, 0.2) is 0 Å². The van der Waals surface area contributed by atoms with Crippen molar-refractivity contribution in [2.24, 2.45) is 11.8 Å². The molecule has 72 valence electrons. The fourth-order valence-corrected chi connectivity index (χ4v) is 1.67. The standard InChI is InChI=1S/C10H21NO/c1-3-9(10-4-5-10)8-11-6-7-12-2/h9-11H,3-8H2,1-2H3. The third-order valence-corrected chi connectivity index (χ3v) is 2.70. The van der Waals surface area contributed by atoms with Gasteiger partial charge in [-0.05, 0) is 31.2 Å². The summed E-state index contributed by atoms with van der Waals surface area (Å²) >= 11 is 0. The molecule has 2 heteroatoms. The van der Waals surface area contributed by atoms with Gasteiger partial charge in [-0.2, -0.15) is 0 Å². The topological polar surface area (TPSA) is 21.3 Å². The molecule has 0 aromatic carbocycles. The maximum absolute atomic E-state index is 4.97. The Hall–Kier alpha value is -0.0800. The van der Waals surface area contributed by atoms with Crippen molar-refractivity contribution in [1.29, 1.82) is 0 Å². The van der Waals surface area contributed by atoms with Crippen LogP contribution < -0.4 is 5.32 Å². The average Bonchev–Trinajstić information content (AvgIpc) is 2.88. The molecule has 0 saturated heterocycles. The Morgan fingerprint density at radius 1 is 1.50 bits per heavy atom. The molecule has 2 nitrogen and oxygen atoms in total. The Morgan fingerprint density at radius 2 is 2.25 bits per heavy atom. The number of hydrogen-bond acceptors (Lipinski definition) is 2. The van der Waals surface area contributed by atoms with Gasteiger partial charge in [0, 0.05) is 13.7 Å². The maximum Gasteiger partial charge on any atom is 0.0587 e. The quantitative estimate of drug-likeness (QED) is 0.588. The molecule has 0 bridgehead atoms. The Labute approximate surface area is 75.7 Å². The van der Waals surface area contributed by atoms with Gasteiger partial charge < -0.3 is 10.1 Å². The van der Waals surface area contributed by atoms with E-state index in [9.17, 15) is 0 Å². The van der Waals surface area contributed by atoms with Crippen molar-refractivity contribution in [3.8, 4) is 0 Å². The van der Waals surface area contributed by atoms with E-state index in [2.05, 4.69) is 12.2 Å². The average molecular weight is 171 g/mol. The third-order valence-electron chi connectivity index (χ3n) is 2.70. The number of hydrogen-bond donors (Lipinski definition) is 1. The smallest absolute Gasteiger partial charge is 0.0587 e. The van der Waals surface area contributed by atoms with Crippen molar-refractivity contribution >= 4 is 0 Å². The normalized spacial score (nSPS) is 19.5. The molecule has 0 spiro atoms. The molecule has 1 atom stereocenters. The summed E-state index contributed by atoms with van der Waals surface area (Å²) in [7, 11) is 1.75. The third kappa shape index (κ3) is 3.55. The van der Waals surface area contributed by atoms with E-state index in [4.69, 9.17) is 4.74 Å². The molecule has 1 N–H and O–H groups in total. The van der Waals surface area contributed by atoms with Gasteiger partial charge in [0.05, 0.1) is 6.61 Å². The summed E-state index contributed by atoms with van der Waals surface area (Å²) in [5, 5.41) is 3.43. The number of rotatable bonds is 7.